The number of rotatable bonds is 5. The van der Waals surface area contributed by atoms with Crippen molar-refractivity contribution in [3.63, 3.8) is 0 Å². The summed E-state index contributed by atoms with van der Waals surface area (Å²) in [6, 6.07) is 0. The number of carbonyl (C=O) groups excluding carboxylic acids is 1. The van der Waals surface area contributed by atoms with E-state index in [9.17, 15) is 4.79 Å². The Hall–Kier alpha value is -0.940. The average molecular weight is 241 g/mol. The van der Waals surface area contributed by atoms with E-state index in [0.29, 0.717) is 13.1 Å². The van der Waals surface area contributed by atoms with Crippen LogP contribution in [0, 0.1) is 12.8 Å². The van der Waals surface area contributed by atoms with E-state index in [1.807, 2.05) is 27.1 Å². The van der Waals surface area contributed by atoms with Crippen LogP contribution in [0.4, 0.5) is 0 Å². The van der Waals surface area contributed by atoms with Crippen LogP contribution < -0.4 is 5.73 Å². The maximum Gasteiger partial charge on any atom is 0.225 e. The lowest BCUT2D eigenvalue weighted by atomic mass is 10.1. The molecule has 1 aromatic heterocycles. The number of amides is 1. The van der Waals surface area contributed by atoms with Gasteiger partial charge in [0.2, 0.25) is 5.91 Å². The molecule has 0 aliphatic rings. The lowest BCUT2D eigenvalue weighted by Crippen LogP contribution is -2.31. The van der Waals surface area contributed by atoms with Gasteiger partial charge in [-0.2, -0.15) is 0 Å². The second kappa shape index (κ2) is 5.96. The lowest BCUT2D eigenvalue weighted by Gasteiger charge is -2.20. The summed E-state index contributed by atoms with van der Waals surface area (Å²) in [6.45, 7) is 5.08. The van der Waals surface area contributed by atoms with Gasteiger partial charge < -0.3 is 10.6 Å². The van der Waals surface area contributed by atoms with E-state index >= 15 is 0 Å². The summed E-state index contributed by atoms with van der Waals surface area (Å²) in [5, 5.41) is 1.03. The highest BCUT2D eigenvalue weighted by molar-refractivity contribution is 7.11. The van der Waals surface area contributed by atoms with Crippen molar-refractivity contribution < 1.29 is 4.79 Å². The quantitative estimate of drug-likeness (QED) is 0.847. The highest BCUT2D eigenvalue weighted by atomic mass is 32.1. The van der Waals surface area contributed by atoms with Gasteiger partial charge in [0.1, 0.15) is 0 Å². The summed E-state index contributed by atoms with van der Waals surface area (Å²) >= 11 is 1.63. The highest BCUT2D eigenvalue weighted by Gasteiger charge is 2.17. The minimum absolute atomic E-state index is 0.00372. The molecular formula is C11H19N3OS. The molecule has 2 N–H and O–H groups in total. The third-order valence-corrected chi connectivity index (χ3v) is 3.36. The van der Waals surface area contributed by atoms with Crippen molar-refractivity contribution >= 4 is 17.2 Å². The molecule has 0 fully saturated rings. The molecular weight excluding hydrogens is 222 g/mol. The average Bonchev–Trinajstić information content (AvgIpc) is 2.63. The molecule has 0 spiro atoms. The van der Waals surface area contributed by atoms with E-state index in [4.69, 9.17) is 5.73 Å². The van der Waals surface area contributed by atoms with Crippen LogP contribution in [0.5, 0.6) is 0 Å². The summed E-state index contributed by atoms with van der Waals surface area (Å²) in [5.74, 6) is 0.153. The first kappa shape index (κ1) is 13.1. The molecule has 0 aromatic carbocycles. The number of nitrogens with zero attached hydrogens (tertiary/aromatic N) is 2. The Bertz CT molecular complexity index is 351. The fraction of sp³-hybridized carbons (Fsp3) is 0.636. The van der Waals surface area contributed by atoms with Crippen LogP contribution in [-0.2, 0) is 11.3 Å². The maximum atomic E-state index is 11.9. The third kappa shape index (κ3) is 3.57. The fourth-order valence-corrected chi connectivity index (χ4v) is 2.39. The first-order valence-corrected chi connectivity index (χ1v) is 6.22. The van der Waals surface area contributed by atoms with Gasteiger partial charge in [-0.05, 0) is 19.9 Å². The third-order valence-electron chi connectivity index (χ3n) is 2.46. The van der Waals surface area contributed by atoms with Crippen molar-refractivity contribution in [1.29, 1.82) is 0 Å². The summed E-state index contributed by atoms with van der Waals surface area (Å²) in [7, 11) is 1.82. The summed E-state index contributed by atoms with van der Waals surface area (Å²) in [5.41, 5.74) is 5.44. The molecule has 1 rings (SSSR count). The summed E-state index contributed by atoms with van der Waals surface area (Å²) < 4.78 is 0. The Labute approximate surface area is 100 Å². The summed E-state index contributed by atoms with van der Waals surface area (Å²) in [6.07, 6.45) is 2.57. The molecule has 1 amide bonds. The topological polar surface area (TPSA) is 59.2 Å². The van der Waals surface area contributed by atoms with E-state index in [1.165, 1.54) is 0 Å². The Morgan fingerprint density at radius 1 is 1.69 bits per heavy atom. The predicted molar refractivity (Wildman–Crippen MR) is 66.2 cm³/mol. The van der Waals surface area contributed by atoms with Crippen LogP contribution in [-0.4, -0.2) is 29.4 Å². The minimum atomic E-state index is 0.00372. The van der Waals surface area contributed by atoms with E-state index < -0.39 is 0 Å². The van der Waals surface area contributed by atoms with Crippen LogP contribution >= 0.6 is 11.3 Å². The van der Waals surface area contributed by atoms with Crippen LogP contribution in [0.1, 0.15) is 23.2 Å². The molecule has 1 heterocycles. The van der Waals surface area contributed by atoms with Gasteiger partial charge in [0, 0.05) is 24.0 Å². The largest absolute Gasteiger partial charge is 0.340 e. The van der Waals surface area contributed by atoms with Crippen LogP contribution in [0.3, 0.4) is 0 Å². The summed E-state index contributed by atoms with van der Waals surface area (Å²) in [4.78, 5) is 18.9. The van der Waals surface area contributed by atoms with Gasteiger partial charge >= 0.3 is 0 Å². The van der Waals surface area contributed by atoms with E-state index in [1.54, 1.807) is 16.2 Å². The minimum Gasteiger partial charge on any atom is -0.340 e. The van der Waals surface area contributed by atoms with Crippen molar-refractivity contribution in [1.82, 2.24) is 9.88 Å². The molecule has 1 atom stereocenters. The second-order valence-electron chi connectivity index (χ2n) is 4.02. The highest BCUT2D eigenvalue weighted by Crippen LogP contribution is 2.15. The first-order valence-electron chi connectivity index (χ1n) is 5.41. The molecule has 90 valence electrons. The molecule has 16 heavy (non-hydrogen) atoms. The molecule has 0 radical (unpaired) electrons. The molecule has 5 heteroatoms. The zero-order valence-corrected chi connectivity index (χ0v) is 10.9. The number of thiazole rings is 1. The zero-order valence-electron chi connectivity index (χ0n) is 10.1. The molecule has 0 aliphatic carbocycles. The molecule has 0 saturated carbocycles. The molecule has 0 saturated heterocycles. The van der Waals surface area contributed by atoms with E-state index in [-0.39, 0.29) is 11.8 Å². The zero-order chi connectivity index (χ0) is 12.1. The number of carbonyl (C=O) groups is 1. The lowest BCUT2D eigenvalue weighted by molar-refractivity contribution is -0.134. The number of aromatic nitrogens is 1. The van der Waals surface area contributed by atoms with Crippen LogP contribution in [0.25, 0.3) is 0 Å². The Morgan fingerprint density at radius 2 is 2.38 bits per heavy atom. The van der Waals surface area contributed by atoms with E-state index in [2.05, 4.69) is 4.98 Å². The Balaban J connectivity index is 2.51. The molecule has 1 aromatic rings. The van der Waals surface area contributed by atoms with E-state index in [0.717, 1.165) is 16.3 Å². The van der Waals surface area contributed by atoms with Crippen molar-refractivity contribution in [2.45, 2.75) is 26.8 Å². The van der Waals surface area contributed by atoms with Crippen molar-refractivity contribution in [3.05, 3.63) is 16.1 Å². The van der Waals surface area contributed by atoms with Gasteiger partial charge in [-0.25, -0.2) is 4.98 Å². The maximum absolute atomic E-state index is 11.9. The molecule has 0 aliphatic heterocycles. The van der Waals surface area contributed by atoms with Crippen molar-refractivity contribution in [3.8, 4) is 0 Å². The molecule has 4 nitrogen and oxygen atoms in total. The SMILES string of the molecule is Cc1ncc(CN(C)C(=O)C(C)CCN)s1. The Kier molecular flexibility index (Phi) is 4.89. The van der Waals surface area contributed by atoms with Gasteiger partial charge in [0.05, 0.1) is 11.6 Å². The monoisotopic (exact) mass is 241 g/mol. The normalized spacial score (nSPS) is 12.5. The number of hydrogen-bond acceptors (Lipinski definition) is 4. The second-order valence-corrected chi connectivity index (χ2v) is 5.34. The number of aryl methyl sites for hydroxylation is 1. The smallest absolute Gasteiger partial charge is 0.225 e. The van der Waals surface area contributed by atoms with Crippen LogP contribution in [0.15, 0.2) is 6.20 Å². The standard InChI is InChI=1S/C11H19N3OS/c1-8(4-5-12)11(15)14(3)7-10-6-13-9(2)16-10/h6,8H,4-5,7,12H2,1-3H3. The van der Waals surface area contributed by atoms with Crippen LogP contribution in [0.2, 0.25) is 0 Å². The van der Waals surface area contributed by atoms with Gasteiger partial charge in [-0.15, -0.1) is 11.3 Å². The van der Waals surface area contributed by atoms with Crippen molar-refractivity contribution in [2.75, 3.05) is 13.6 Å². The first-order chi connectivity index (χ1) is 7.54. The predicted octanol–water partition coefficient (Wildman–Crippen LogP) is 1.39. The van der Waals surface area contributed by atoms with Gasteiger partial charge in [0.25, 0.3) is 0 Å². The number of hydrogen-bond donors (Lipinski definition) is 1. The number of nitrogens with two attached hydrogens (primary N) is 1. The fourth-order valence-electron chi connectivity index (χ4n) is 1.54. The molecule has 0 bridgehead atoms. The van der Waals surface area contributed by atoms with Gasteiger partial charge in [-0.3, -0.25) is 4.79 Å². The van der Waals surface area contributed by atoms with Crippen molar-refractivity contribution in [2.24, 2.45) is 11.7 Å². The van der Waals surface area contributed by atoms with Gasteiger partial charge in [-0.1, -0.05) is 6.92 Å². The van der Waals surface area contributed by atoms with Gasteiger partial charge in [0.15, 0.2) is 0 Å². The Morgan fingerprint density at radius 3 is 2.88 bits per heavy atom. The molecule has 1 unspecified atom stereocenters.